The third-order valence-corrected chi connectivity index (χ3v) is 3.67. The summed E-state index contributed by atoms with van der Waals surface area (Å²) in [6.07, 6.45) is 0.707. The second-order valence-electron chi connectivity index (χ2n) is 4.71. The molecule has 20 heavy (non-hydrogen) atoms. The lowest BCUT2D eigenvalue weighted by atomic mass is 10.1. The van der Waals surface area contributed by atoms with E-state index in [1.165, 1.54) is 0 Å². The highest BCUT2D eigenvalue weighted by Gasteiger charge is 2.14. The Bertz CT molecular complexity index is 685. The minimum Gasteiger partial charge on any atom is -0.497 e. The predicted molar refractivity (Wildman–Crippen MR) is 81.5 cm³/mol. The van der Waals surface area contributed by atoms with Gasteiger partial charge in [-0.2, -0.15) is 0 Å². The van der Waals surface area contributed by atoms with Crippen LogP contribution in [0.2, 0.25) is 0 Å². The highest BCUT2D eigenvalue weighted by Crippen LogP contribution is 2.30. The molecule has 3 rings (SSSR count). The first-order valence-electron chi connectivity index (χ1n) is 6.52. The van der Waals surface area contributed by atoms with Crippen molar-refractivity contribution in [3.63, 3.8) is 0 Å². The van der Waals surface area contributed by atoms with Gasteiger partial charge in [-0.1, -0.05) is 30.3 Å². The first-order valence-corrected chi connectivity index (χ1v) is 6.95. The van der Waals surface area contributed by atoms with Crippen molar-refractivity contribution >= 4 is 22.6 Å². The van der Waals surface area contributed by atoms with Crippen LogP contribution in [0.1, 0.15) is 16.7 Å². The number of furan rings is 1. The van der Waals surface area contributed by atoms with Gasteiger partial charge >= 0.3 is 0 Å². The summed E-state index contributed by atoms with van der Waals surface area (Å²) in [6, 6.07) is 17.9. The summed E-state index contributed by atoms with van der Waals surface area (Å²) >= 11 is 6.47. The molecule has 1 atom stereocenters. The van der Waals surface area contributed by atoms with E-state index in [2.05, 4.69) is 0 Å². The number of ether oxygens (including phenoxy) is 1. The van der Waals surface area contributed by atoms with Gasteiger partial charge in [-0.3, -0.25) is 0 Å². The maximum Gasteiger partial charge on any atom is 0.134 e. The minimum atomic E-state index is -0.186. The van der Waals surface area contributed by atoms with Gasteiger partial charge in [0.15, 0.2) is 0 Å². The van der Waals surface area contributed by atoms with E-state index in [0.29, 0.717) is 6.42 Å². The SMILES string of the molecule is COc1cccc(CC(Cl)c2cc3ccccc3o2)c1. The van der Waals surface area contributed by atoms with Crippen LogP contribution >= 0.6 is 11.6 Å². The lowest BCUT2D eigenvalue weighted by Crippen LogP contribution is -1.95. The maximum absolute atomic E-state index is 6.47. The Morgan fingerprint density at radius 3 is 2.75 bits per heavy atom. The van der Waals surface area contributed by atoms with Gasteiger partial charge in [0.05, 0.1) is 12.5 Å². The normalized spacial score (nSPS) is 12.5. The Kier molecular flexibility index (Phi) is 3.66. The van der Waals surface area contributed by atoms with Crippen LogP contribution in [0.25, 0.3) is 11.0 Å². The summed E-state index contributed by atoms with van der Waals surface area (Å²) in [5.41, 5.74) is 2.00. The van der Waals surface area contributed by atoms with Crippen LogP contribution in [0.4, 0.5) is 0 Å². The molecule has 0 aliphatic rings. The molecule has 0 fully saturated rings. The summed E-state index contributed by atoms with van der Waals surface area (Å²) in [6.45, 7) is 0. The molecule has 0 radical (unpaired) electrons. The maximum atomic E-state index is 6.47. The lowest BCUT2D eigenvalue weighted by Gasteiger charge is -2.08. The summed E-state index contributed by atoms with van der Waals surface area (Å²) in [5, 5.41) is 0.897. The molecule has 0 aliphatic heterocycles. The van der Waals surface area contributed by atoms with Crippen LogP contribution in [-0.4, -0.2) is 7.11 Å². The molecule has 0 amide bonds. The van der Waals surface area contributed by atoms with Gasteiger partial charge in [-0.15, -0.1) is 11.6 Å². The lowest BCUT2D eigenvalue weighted by molar-refractivity contribution is 0.414. The van der Waals surface area contributed by atoms with Gasteiger partial charge in [0.25, 0.3) is 0 Å². The zero-order valence-electron chi connectivity index (χ0n) is 11.2. The molecule has 0 N–H and O–H groups in total. The number of benzene rings is 2. The molecule has 0 bridgehead atoms. The van der Waals surface area contributed by atoms with Crippen LogP contribution in [-0.2, 0) is 6.42 Å². The van der Waals surface area contributed by atoms with E-state index in [0.717, 1.165) is 28.0 Å². The average Bonchev–Trinajstić information content (AvgIpc) is 2.91. The van der Waals surface area contributed by atoms with Gasteiger partial charge in [0.1, 0.15) is 17.1 Å². The van der Waals surface area contributed by atoms with Crippen molar-refractivity contribution in [1.82, 2.24) is 0 Å². The van der Waals surface area contributed by atoms with Gasteiger partial charge < -0.3 is 9.15 Å². The fraction of sp³-hybridized carbons (Fsp3) is 0.176. The van der Waals surface area contributed by atoms with Crippen molar-refractivity contribution in [3.05, 3.63) is 65.9 Å². The molecular weight excluding hydrogens is 272 g/mol. The molecular formula is C17H15ClO2. The fourth-order valence-electron chi connectivity index (χ4n) is 2.26. The molecule has 1 aromatic heterocycles. The number of alkyl halides is 1. The Labute approximate surface area is 122 Å². The highest BCUT2D eigenvalue weighted by atomic mass is 35.5. The number of hydrogen-bond donors (Lipinski definition) is 0. The number of para-hydroxylation sites is 1. The molecule has 2 nitrogen and oxygen atoms in total. The number of halogens is 1. The number of rotatable bonds is 4. The van der Waals surface area contributed by atoms with Crippen LogP contribution in [0.15, 0.2) is 59.0 Å². The summed E-state index contributed by atoms with van der Waals surface area (Å²) in [4.78, 5) is 0. The van der Waals surface area contributed by atoms with Crippen LogP contribution in [0.3, 0.4) is 0 Å². The summed E-state index contributed by atoms with van der Waals surface area (Å²) < 4.78 is 11.0. The molecule has 0 saturated carbocycles. The van der Waals surface area contributed by atoms with Crippen molar-refractivity contribution in [2.75, 3.05) is 7.11 Å². The Hall–Kier alpha value is -1.93. The zero-order valence-corrected chi connectivity index (χ0v) is 11.9. The molecule has 0 spiro atoms. The molecule has 2 aromatic carbocycles. The van der Waals surface area contributed by atoms with Crippen molar-refractivity contribution in [2.45, 2.75) is 11.8 Å². The topological polar surface area (TPSA) is 22.4 Å². The van der Waals surface area contributed by atoms with E-state index in [1.54, 1.807) is 7.11 Å². The Morgan fingerprint density at radius 2 is 1.95 bits per heavy atom. The van der Waals surface area contributed by atoms with E-state index < -0.39 is 0 Å². The van der Waals surface area contributed by atoms with Crippen molar-refractivity contribution in [1.29, 1.82) is 0 Å². The smallest absolute Gasteiger partial charge is 0.134 e. The number of hydrogen-bond acceptors (Lipinski definition) is 2. The van der Waals surface area contributed by atoms with Gasteiger partial charge in [-0.25, -0.2) is 0 Å². The molecule has 3 aromatic rings. The highest BCUT2D eigenvalue weighted by molar-refractivity contribution is 6.20. The van der Waals surface area contributed by atoms with Crippen molar-refractivity contribution < 1.29 is 9.15 Å². The first kappa shape index (κ1) is 13.1. The molecule has 1 heterocycles. The van der Waals surface area contributed by atoms with E-state index in [9.17, 15) is 0 Å². The van der Waals surface area contributed by atoms with Crippen molar-refractivity contribution in [2.24, 2.45) is 0 Å². The Balaban J connectivity index is 1.82. The monoisotopic (exact) mass is 286 g/mol. The fourth-order valence-corrected chi connectivity index (χ4v) is 2.55. The largest absolute Gasteiger partial charge is 0.497 e. The van der Waals surface area contributed by atoms with Crippen LogP contribution in [0, 0.1) is 0 Å². The molecule has 102 valence electrons. The average molecular weight is 287 g/mol. The van der Waals surface area contributed by atoms with E-state index >= 15 is 0 Å². The van der Waals surface area contributed by atoms with Gasteiger partial charge in [-0.05, 0) is 36.2 Å². The van der Waals surface area contributed by atoms with E-state index in [1.807, 2.05) is 54.6 Å². The second kappa shape index (κ2) is 5.59. The zero-order chi connectivity index (χ0) is 13.9. The summed E-state index contributed by atoms with van der Waals surface area (Å²) in [7, 11) is 1.66. The van der Waals surface area contributed by atoms with E-state index in [-0.39, 0.29) is 5.38 Å². The molecule has 0 saturated heterocycles. The molecule has 0 aliphatic carbocycles. The van der Waals surface area contributed by atoms with Crippen LogP contribution < -0.4 is 4.74 Å². The number of methoxy groups -OCH3 is 1. The van der Waals surface area contributed by atoms with Crippen LogP contribution in [0.5, 0.6) is 5.75 Å². The van der Waals surface area contributed by atoms with Crippen molar-refractivity contribution in [3.8, 4) is 5.75 Å². The van der Waals surface area contributed by atoms with E-state index in [4.69, 9.17) is 20.8 Å². The second-order valence-corrected chi connectivity index (χ2v) is 5.24. The third kappa shape index (κ3) is 2.66. The first-order chi connectivity index (χ1) is 9.76. The predicted octanol–water partition coefficient (Wildman–Crippen LogP) is 4.96. The van der Waals surface area contributed by atoms with Gasteiger partial charge in [0.2, 0.25) is 0 Å². The third-order valence-electron chi connectivity index (χ3n) is 3.30. The Morgan fingerprint density at radius 1 is 1.10 bits per heavy atom. The summed E-state index contributed by atoms with van der Waals surface area (Å²) in [5.74, 6) is 1.65. The quantitative estimate of drug-likeness (QED) is 0.632. The molecule has 1 unspecified atom stereocenters. The van der Waals surface area contributed by atoms with Gasteiger partial charge in [0, 0.05) is 5.39 Å². The molecule has 3 heteroatoms. The number of fused-ring (bicyclic) bond motifs is 1. The standard InChI is InChI=1S/C17H15ClO2/c1-19-14-7-4-5-12(9-14)10-15(18)17-11-13-6-2-3-8-16(13)20-17/h2-9,11,15H,10H2,1H3. The minimum absolute atomic E-state index is 0.186.